The molecule has 0 aromatic heterocycles. The summed E-state index contributed by atoms with van der Waals surface area (Å²) < 4.78 is 50.1. The molecule has 7 nitrogen and oxygen atoms in total. The zero-order valence-electron chi connectivity index (χ0n) is 21.5. The molecule has 2 rings (SSSR count). The van der Waals surface area contributed by atoms with E-state index in [-0.39, 0.29) is 29.5 Å². The SMILES string of the molecule is CCOC(=O)[C@@H](CCCN[C@H]1CN(C(=O)OC(C)(C)C)CC[C@@H]1C)Nc1cc(Cl)cc(C(F)(F)F)c1. The number of carbonyl (C=O) groups is 2. The number of hydrogen-bond acceptors (Lipinski definition) is 6. The second-order valence-electron chi connectivity index (χ2n) is 10.1. The molecule has 11 heteroatoms. The molecule has 0 spiro atoms. The van der Waals surface area contributed by atoms with Crippen molar-refractivity contribution in [1.29, 1.82) is 0 Å². The highest BCUT2D eigenvalue weighted by molar-refractivity contribution is 6.31. The minimum absolute atomic E-state index is 0.0579. The maximum atomic E-state index is 13.2. The Morgan fingerprint density at radius 2 is 1.92 bits per heavy atom. The number of amides is 1. The van der Waals surface area contributed by atoms with E-state index < -0.39 is 29.4 Å². The molecule has 1 saturated heterocycles. The highest BCUT2D eigenvalue weighted by atomic mass is 35.5. The van der Waals surface area contributed by atoms with Crippen LogP contribution < -0.4 is 10.6 Å². The van der Waals surface area contributed by atoms with Crippen LogP contribution in [0.2, 0.25) is 5.02 Å². The topological polar surface area (TPSA) is 79.9 Å². The van der Waals surface area contributed by atoms with Gasteiger partial charge in [0, 0.05) is 29.8 Å². The summed E-state index contributed by atoms with van der Waals surface area (Å²) in [6.07, 6.45) is -3.18. The number of hydrogen-bond donors (Lipinski definition) is 2. The predicted octanol–water partition coefficient (Wildman–Crippen LogP) is 5.72. The van der Waals surface area contributed by atoms with Gasteiger partial charge in [-0.25, -0.2) is 9.59 Å². The molecular formula is C25H37ClF3N3O4. The summed E-state index contributed by atoms with van der Waals surface area (Å²) in [5.74, 6) is -0.205. The highest BCUT2D eigenvalue weighted by Gasteiger charge is 2.33. The summed E-state index contributed by atoms with van der Waals surface area (Å²) in [7, 11) is 0. The van der Waals surface area contributed by atoms with E-state index in [1.165, 1.54) is 6.07 Å². The number of rotatable bonds is 9. The van der Waals surface area contributed by atoms with Crippen LogP contribution in [0, 0.1) is 5.92 Å². The number of piperidine rings is 1. The van der Waals surface area contributed by atoms with Crippen molar-refractivity contribution >= 4 is 29.4 Å². The molecule has 0 aliphatic carbocycles. The second-order valence-corrected chi connectivity index (χ2v) is 10.5. The number of anilines is 1. The lowest BCUT2D eigenvalue weighted by atomic mass is 9.93. The number of ether oxygens (including phenoxy) is 2. The van der Waals surface area contributed by atoms with Crippen LogP contribution in [-0.2, 0) is 20.4 Å². The Hall–Kier alpha value is -2.20. The van der Waals surface area contributed by atoms with Gasteiger partial charge < -0.3 is 25.0 Å². The minimum Gasteiger partial charge on any atom is -0.464 e. The predicted molar refractivity (Wildman–Crippen MR) is 133 cm³/mol. The normalized spacial score (nSPS) is 19.5. The lowest BCUT2D eigenvalue weighted by Crippen LogP contribution is -2.53. The summed E-state index contributed by atoms with van der Waals surface area (Å²) in [5.41, 5.74) is -1.38. The first kappa shape index (κ1) is 30.0. The van der Waals surface area contributed by atoms with Gasteiger partial charge in [-0.3, -0.25) is 0 Å². The number of benzene rings is 1. The van der Waals surface area contributed by atoms with E-state index in [0.29, 0.717) is 38.4 Å². The molecule has 1 fully saturated rings. The molecule has 204 valence electrons. The Labute approximate surface area is 216 Å². The number of halogens is 4. The van der Waals surface area contributed by atoms with Gasteiger partial charge in [-0.15, -0.1) is 0 Å². The van der Waals surface area contributed by atoms with E-state index in [0.717, 1.165) is 18.6 Å². The first-order chi connectivity index (χ1) is 16.7. The third-order valence-electron chi connectivity index (χ3n) is 5.82. The minimum atomic E-state index is -4.56. The Morgan fingerprint density at radius 1 is 1.22 bits per heavy atom. The van der Waals surface area contributed by atoms with Crippen LogP contribution in [0.25, 0.3) is 0 Å². The van der Waals surface area contributed by atoms with E-state index in [1.54, 1.807) is 11.8 Å². The van der Waals surface area contributed by atoms with Crippen LogP contribution in [0.4, 0.5) is 23.7 Å². The molecule has 1 heterocycles. The van der Waals surface area contributed by atoms with Crippen LogP contribution in [0.3, 0.4) is 0 Å². The van der Waals surface area contributed by atoms with E-state index in [4.69, 9.17) is 21.1 Å². The molecule has 0 saturated carbocycles. The van der Waals surface area contributed by atoms with Gasteiger partial charge in [0.25, 0.3) is 0 Å². The van der Waals surface area contributed by atoms with Crippen LogP contribution in [0.5, 0.6) is 0 Å². The fourth-order valence-electron chi connectivity index (χ4n) is 3.95. The monoisotopic (exact) mass is 535 g/mol. The summed E-state index contributed by atoms with van der Waals surface area (Å²) in [6, 6.07) is 2.32. The summed E-state index contributed by atoms with van der Waals surface area (Å²) >= 11 is 5.87. The van der Waals surface area contributed by atoms with Crippen molar-refractivity contribution in [2.75, 3.05) is 31.6 Å². The Bertz CT molecular complexity index is 892. The molecular weight excluding hydrogens is 499 g/mol. The number of likely N-dealkylation sites (tertiary alicyclic amines) is 1. The second kappa shape index (κ2) is 12.9. The van der Waals surface area contributed by atoms with Crippen molar-refractivity contribution in [2.24, 2.45) is 5.92 Å². The Balaban J connectivity index is 1.96. The van der Waals surface area contributed by atoms with Crippen LogP contribution in [0.1, 0.15) is 59.4 Å². The molecule has 1 aliphatic heterocycles. The number of carbonyl (C=O) groups excluding carboxylic acids is 2. The highest BCUT2D eigenvalue weighted by Crippen LogP contribution is 2.33. The molecule has 1 aromatic rings. The summed E-state index contributed by atoms with van der Waals surface area (Å²) in [4.78, 5) is 26.6. The van der Waals surface area contributed by atoms with Gasteiger partial charge in [-0.2, -0.15) is 13.2 Å². The lowest BCUT2D eigenvalue weighted by molar-refractivity contribution is -0.144. The standard InChI is InChI=1S/C25H37ClF3N3O4/c1-6-35-22(33)20(31-19-13-17(25(27,28)29)12-18(26)14-19)8-7-10-30-21-15-32(11-9-16(21)2)23(34)36-24(3,4)5/h12-14,16,20-21,30-31H,6-11,15H2,1-5H3/t16-,20+,21-/m0/s1. The van der Waals surface area contributed by atoms with Crippen molar-refractivity contribution in [2.45, 2.75) is 77.7 Å². The van der Waals surface area contributed by atoms with Gasteiger partial charge in [0.15, 0.2) is 0 Å². The number of nitrogens with zero attached hydrogens (tertiary/aromatic N) is 1. The van der Waals surface area contributed by atoms with Gasteiger partial charge >= 0.3 is 18.2 Å². The van der Waals surface area contributed by atoms with Crippen molar-refractivity contribution in [3.63, 3.8) is 0 Å². The third kappa shape index (κ3) is 9.69. The molecule has 1 aliphatic rings. The van der Waals surface area contributed by atoms with Crippen molar-refractivity contribution in [3.8, 4) is 0 Å². The Kier molecular flexibility index (Phi) is 10.7. The summed E-state index contributed by atoms with van der Waals surface area (Å²) in [5, 5.41) is 6.21. The summed E-state index contributed by atoms with van der Waals surface area (Å²) in [6.45, 7) is 11.1. The van der Waals surface area contributed by atoms with Gasteiger partial charge in [0.2, 0.25) is 0 Å². The quantitative estimate of drug-likeness (QED) is 0.311. The van der Waals surface area contributed by atoms with Crippen molar-refractivity contribution in [3.05, 3.63) is 28.8 Å². The molecule has 1 aromatic carbocycles. The van der Waals surface area contributed by atoms with Crippen LogP contribution in [0.15, 0.2) is 18.2 Å². The number of alkyl halides is 3. The maximum Gasteiger partial charge on any atom is 0.416 e. The van der Waals surface area contributed by atoms with Gasteiger partial charge in [-0.05, 0) is 77.6 Å². The molecule has 0 bridgehead atoms. The molecule has 3 atom stereocenters. The van der Waals surface area contributed by atoms with Gasteiger partial charge in [0.1, 0.15) is 11.6 Å². The van der Waals surface area contributed by atoms with E-state index in [1.807, 2.05) is 20.8 Å². The van der Waals surface area contributed by atoms with Crippen molar-refractivity contribution in [1.82, 2.24) is 10.2 Å². The van der Waals surface area contributed by atoms with E-state index in [2.05, 4.69) is 17.6 Å². The number of nitrogens with one attached hydrogen (secondary N) is 2. The Morgan fingerprint density at radius 3 is 2.53 bits per heavy atom. The van der Waals surface area contributed by atoms with E-state index >= 15 is 0 Å². The molecule has 2 N–H and O–H groups in total. The first-order valence-corrected chi connectivity index (χ1v) is 12.6. The maximum absolute atomic E-state index is 13.2. The van der Waals surface area contributed by atoms with Crippen molar-refractivity contribution < 1.29 is 32.2 Å². The number of esters is 1. The average molecular weight is 536 g/mol. The molecule has 0 unspecified atom stereocenters. The molecule has 0 radical (unpaired) electrons. The fourth-order valence-corrected chi connectivity index (χ4v) is 4.19. The zero-order chi connectivity index (χ0) is 27.1. The van der Waals surface area contributed by atoms with Crippen LogP contribution >= 0.6 is 11.6 Å². The van der Waals surface area contributed by atoms with E-state index in [9.17, 15) is 22.8 Å². The first-order valence-electron chi connectivity index (χ1n) is 12.2. The van der Waals surface area contributed by atoms with Crippen LogP contribution in [-0.4, -0.2) is 60.9 Å². The average Bonchev–Trinajstić information content (AvgIpc) is 2.74. The third-order valence-corrected chi connectivity index (χ3v) is 6.04. The van der Waals surface area contributed by atoms with Gasteiger partial charge in [-0.1, -0.05) is 18.5 Å². The van der Waals surface area contributed by atoms with Gasteiger partial charge in [0.05, 0.1) is 12.2 Å². The lowest BCUT2D eigenvalue weighted by Gasteiger charge is -2.38. The smallest absolute Gasteiger partial charge is 0.416 e. The fraction of sp³-hybridized carbons (Fsp3) is 0.680. The zero-order valence-corrected chi connectivity index (χ0v) is 22.3. The largest absolute Gasteiger partial charge is 0.464 e. The molecule has 1 amide bonds. The molecule has 36 heavy (non-hydrogen) atoms.